The zero-order valence-corrected chi connectivity index (χ0v) is 25.0. The summed E-state index contributed by atoms with van der Waals surface area (Å²) in [6.45, 7) is 0. The standard InChI is InChI=1S/C43H27N3O/c1-3-13-28(14-4-1)41-44-42(29-15-5-2-6-16-29)46-43(45-41)31-18-11-17-30(27-31)32-25-26-35(34-20-8-7-19-33(32)34)36-22-12-24-39-40(36)37-21-9-10-23-38(37)47-39/h1-27H/i9D,10D,22D,23D,24D. The molecule has 0 spiro atoms. The van der Waals surface area contributed by atoms with Gasteiger partial charge in [0.25, 0.3) is 0 Å². The maximum atomic E-state index is 9.06. The number of hydrogen-bond acceptors (Lipinski definition) is 4. The molecular formula is C43H27N3O. The normalized spacial score (nSPS) is 12.9. The Labute approximate surface area is 278 Å². The Bertz CT molecular complexity index is 2800. The number of rotatable bonds is 5. The van der Waals surface area contributed by atoms with Crippen molar-refractivity contribution in [3.63, 3.8) is 0 Å². The van der Waals surface area contributed by atoms with E-state index in [2.05, 4.69) is 12.1 Å². The number of hydrogen-bond donors (Lipinski definition) is 0. The molecule has 220 valence electrons. The molecule has 4 nitrogen and oxygen atoms in total. The minimum absolute atomic E-state index is 0.0133. The minimum atomic E-state index is -0.243. The summed E-state index contributed by atoms with van der Waals surface area (Å²) in [6, 6.07) is 42.4. The summed E-state index contributed by atoms with van der Waals surface area (Å²) in [7, 11) is 0. The lowest BCUT2D eigenvalue weighted by Crippen LogP contribution is -2.00. The Morgan fingerprint density at radius 1 is 0.404 bits per heavy atom. The van der Waals surface area contributed by atoms with Crippen molar-refractivity contribution in [2.45, 2.75) is 0 Å². The number of nitrogens with zero attached hydrogens (tertiary/aromatic N) is 3. The van der Waals surface area contributed by atoms with Gasteiger partial charge in [-0.1, -0.05) is 146 Å². The Morgan fingerprint density at radius 3 is 1.72 bits per heavy atom. The van der Waals surface area contributed by atoms with Crippen molar-refractivity contribution >= 4 is 32.7 Å². The molecule has 2 aromatic heterocycles. The van der Waals surface area contributed by atoms with Crippen LogP contribution in [-0.2, 0) is 0 Å². The first kappa shape index (κ1) is 22.2. The van der Waals surface area contributed by atoms with Crippen LogP contribution in [0.5, 0.6) is 0 Å². The molecule has 0 amide bonds. The third-order valence-corrected chi connectivity index (χ3v) is 8.40. The maximum Gasteiger partial charge on any atom is 0.164 e. The first-order valence-electron chi connectivity index (χ1n) is 17.8. The lowest BCUT2D eigenvalue weighted by atomic mass is 9.90. The van der Waals surface area contributed by atoms with E-state index < -0.39 is 0 Å². The van der Waals surface area contributed by atoms with Crippen LogP contribution < -0.4 is 0 Å². The molecule has 0 aliphatic rings. The van der Waals surface area contributed by atoms with Crippen molar-refractivity contribution in [1.82, 2.24) is 15.0 Å². The largest absolute Gasteiger partial charge is 0.456 e. The summed E-state index contributed by atoms with van der Waals surface area (Å²) in [5.74, 6) is 1.72. The summed E-state index contributed by atoms with van der Waals surface area (Å²) in [4.78, 5) is 14.7. The highest BCUT2D eigenvalue weighted by Crippen LogP contribution is 2.42. The van der Waals surface area contributed by atoms with Gasteiger partial charge < -0.3 is 4.42 Å². The average molecular weight is 607 g/mol. The van der Waals surface area contributed by atoms with Gasteiger partial charge in [-0.25, -0.2) is 15.0 Å². The molecule has 47 heavy (non-hydrogen) atoms. The van der Waals surface area contributed by atoms with Gasteiger partial charge in [0.15, 0.2) is 17.5 Å². The van der Waals surface area contributed by atoms with Crippen LogP contribution >= 0.6 is 0 Å². The maximum absolute atomic E-state index is 9.06. The highest BCUT2D eigenvalue weighted by atomic mass is 16.3. The second kappa shape index (κ2) is 11.2. The van der Waals surface area contributed by atoms with E-state index in [0.29, 0.717) is 33.8 Å². The molecule has 0 aliphatic heterocycles. The molecule has 9 rings (SSSR count). The summed E-state index contributed by atoms with van der Waals surface area (Å²) >= 11 is 0. The van der Waals surface area contributed by atoms with Crippen molar-refractivity contribution < 1.29 is 11.3 Å². The predicted octanol–water partition coefficient (Wildman–Crippen LogP) is 11.3. The van der Waals surface area contributed by atoms with E-state index in [1.807, 2.05) is 109 Å². The molecular weight excluding hydrogens is 574 g/mol. The smallest absolute Gasteiger partial charge is 0.164 e. The highest BCUT2D eigenvalue weighted by molar-refractivity contribution is 6.16. The Kier molecular flexibility index (Phi) is 5.28. The minimum Gasteiger partial charge on any atom is -0.456 e. The van der Waals surface area contributed by atoms with Crippen molar-refractivity contribution in [2.75, 3.05) is 0 Å². The van der Waals surface area contributed by atoms with Crippen LogP contribution in [0.1, 0.15) is 6.85 Å². The van der Waals surface area contributed by atoms with Crippen LogP contribution in [0.4, 0.5) is 0 Å². The van der Waals surface area contributed by atoms with Gasteiger partial charge in [0.05, 0.1) is 6.85 Å². The topological polar surface area (TPSA) is 51.8 Å². The Balaban J connectivity index is 1.22. The fourth-order valence-electron chi connectivity index (χ4n) is 6.22. The number of para-hydroxylation sites is 1. The highest BCUT2D eigenvalue weighted by Gasteiger charge is 2.17. The van der Waals surface area contributed by atoms with Crippen LogP contribution in [0, 0.1) is 0 Å². The summed E-state index contributed by atoms with van der Waals surface area (Å²) in [6.07, 6.45) is 0. The van der Waals surface area contributed by atoms with Crippen molar-refractivity contribution in [3.05, 3.63) is 164 Å². The third kappa shape index (κ3) is 4.75. The second-order valence-corrected chi connectivity index (χ2v) is 11.2. The van der Waals surface area contributed by atoms with E-state index in [9.17, 15) is 0 Å². The number of furan rings is 1. The molecule has 0 radical (unpaired) electrons. The first-order valence-corrected chi connectivity index (χ1v) is 15.3. The van der Waals surface area contributed by atoms with E-state index >= 15 is 0 Å². The molecule has 0 atom stereocenters. The quantitative estimate of drug-likeness (QED) is 0.196. The molecule has 0 unspecified atom stereocenters. The Hall–Kier alpha value is -6.39. The van der Waals surface area contributed by atoms with Gasteiger partial charge in [-0.3, -0.25) is 0 Å². The molecule has 0 saturated heterocycles. The SMILES string of the molecule is [2H]c1cc2c(oc3c([2H])cc([2H])c(-c4ccc(-c5cccc(-c6nc(-c7ccccc7)nc(-c7ccccc7)n6)c5)c5ccccc45)c32)c([2H])c1[2H]. The summed E-state index contributed by atoms with van der Waals surface area (Å²) in [5.41, 5.74) is 6.22. The monoisotopic (exact) mass is 606 g/mol. The van der Waals surface area contributed by atoms with Gasteiger partial charge >= 0.3 is 0 Å². The van der Waals surface area contributed by atoms with Crippen molar-refractivity contribution in [3.8, 4) is 56.4 Å². The number of benzene rings is 7. The van der Waals surface area contributed by atoms with Crippen LogP contribution in [0.15, 0.2) is 168 Å². The van der Waals surface area contributed by atoms with Crippen LogP contribution in [-0.4, -0.2) is 15.0 Å². The van der Waals surface area contributed by atoms with Gasteiger partial charge in [-0.15, -0.1) is 0 Å². The van der Waals surface area contributed by atoms with Crippen LogP contribution in [0.25, 0.3) is 89.1 Å². The van der Waals surface area contributed by atoms with E-state index in [1.165, 1.54) is 12.1 Å². The van der Waals surface area contributed by atoms with E-state index in [0.717, 1.165) is 44.2 Å². The predicted molar refractivity (Wildman–Crippen MR) is 192 cm³/mol. The van der Waals surface area contributed by atoms with Crippen LogP contribution in [0.3, 0.4) is 0 Å². The number of aromatic nitrogens is 3. The van der Waals surface area contributed by atoms with Gasteiger partial charge in [-0.2, -0.15) is 0 Å². The van der Waals surface area contributed by atoms with Gasteiger partial charge in [0.2, 0.25) is 0 Å². The lowest BCUT2D eigenvalue weighted by Gasteiger charge is -2.14. The fourth-order valence-corrected chi connectivity index (χ4v) is 6.22. The summed E-state index contributed by atoms with van der Waals surface area (Å²) in [5, 5.41) is 2.78. The van der Waals surface area contributed by atoms with E-state index in [4.69, 9.17) is 26.2 Å². The second-order valence-electron chi connectivity index (χ2n) is 11.2. The van der Waals surface area contributed by atoms with E-state index in [-0.39, 0.29) is 41.4 Å². The molecule has 0 aliphatic carbocycles. The van der Waals surface area contributed by atoms with Gasteiger partial charge in [-0.05, 0) is 51.2 Å². The first-order chi connectivity index (χ1) is 25.4. The number of fused-ring (bicyclic) bond motifs is 4. The Morgan fingerprint density at radius 2 is 1.00 bits per heavy atom. The molecule has 0 fully saturated rings. The van der Waals surface area contributed by atoms with Gasteiger partial charge in [0.1, 0.15) is 11.2 Å². The molecule has 2 heterocycles. The van der Waals surface area contributed by atoms with Crippen LogP contribution in [0.2, 0.25) is 0 Å². The molecule has 0 N–H and O–H groups in total. The van der Waals surface area contributed by atoms with E-state index in [1.54, 1.807) is 0 Å². The zero-order valence-electron chi connectivity index (χ0n) is 30.0. The molecule has 9 aromatic rings. The third-order valence-electron chi connectivity index (χ3n) is 8.40. The molecule has 0 saturated carbocycles. The van der Waals surface area contributed by atoms with Crippen molar-refractivity contribution in [2.24, 2.45) is 0 Å². The average Bonchev–Trinajstić information content (AvgIpc) is 3.57. The molecule has 7 aromatic carbocycles. The zero-order chi connectivity index (χ0) is 35.5. The lowest BCUT2D eigenvalue weighted by molar-refractivity contribution is 0.669. The van der Waals surface area contributed by atoms with Crippen molar-refractivity contribution in [1.29, 1.82) is 0 Å². The molecule has 0 bridgehead atoms. The summed E-state index contributed by atoms with van der Waals surface area (Å²) < 4.78 is 48.7. The van der Waals surface area contributed by atoms with Gasteiger partial charge in [0, 0.05) is 27.5 Å². The fraction of sp³-hybridized carbons (Fsp3) is 0. The molecule has 4 heteroatoms.